The molecule has 0 aliphatic heterocycles. The van der Waals surface area contributed by atoms with Crippen molar-refractivity contribution < 1.29 is 4.79 Å². The smallest absolute Gasteiger partial charge is 0.237 e. The van der Waals surface area contributed by atoms with E-state index in [4.69, 9.17) is 5.26 Å². The Labute approximate surface area is 160 Å². The molecule has 1 amide bonds. The standard InChI is InChI=1S/C17H20N4OS3/c1-2-3-12-23-16-19-20-17(25-16)24-13-15(22)21(11-7-10-18)14-8-5-4-6-9-14/h4-6,8-9H,2-3,7,11-13H2,1H3. The molecule has 25 heavy (non-hydrogen) atoms. The van der Waals surface area contributed by atoms with Crippen LogP contribution in [0.2, 0.25) is 0 Å². The van der Waals surface area contributed by atoms with Crippen molar-refractivity contribution >= 4 is 46.5 Å². The van der Waals surface area contributed by atoms with Crippen LogP contribution in [0, 0.1) is 11.3 Å². The minimum Gasteiger partial charge on any atom is -0.311 e. The molecule has 0 aliphatic rings. The van der Waals surface area contributed by atoms with Crippen molar-refractivity contribution in [3.63, 3.8) is 0 Å². The first-order valence-electron chi connectivity index (χ1n) is 8.06. The maximum Gasteiger partial charge on any atom is 0.237 e. The predicted molar refractivity (Wildman–Crippen MR) is 105 cm³/mol. The summed E-state index contributed by atoms with van der Waals surface area (Å²) in [5, 5.41) is 17.1. The number of aromatic nitrogens is 2. The SMILES string of the molecule is CCCCSc1nnc(SCC(=O)N(CCC#N)c2ccccc2)s1. The molecule has 2 aromatic rings. The number of anilines is 1. The van der Waals surface area contributed by atoms with E-state index in [1.54, 1.807) is 16.7 Å². The Morgan fingerprint density at radius 2 is 1.96 bits per heavy atom. The highest BCUT2D eigenvalue weighted by molar-refractivity contribution is 8.03. The highest BCUT2D eigenvalue weighted by Gasteiger charge is 2.16. The van der Waals surface area contributed by atoms with Crippen LogP contribution in [0.15, 0.2) is 39.0 Å². The third-order valence-corrected chi connectivity index (χ3v) is 6.51. The first-order valence-corrected chi connectivity index (χ1v) is 10.8. The van der Waals surface area contributed by atoms with Gasteiger partial charge in [-0.1, -0.05) is 66.4 Å². The monoisotopic (exact) mass is 392 g/mol. The number of hydrogen-bond donors (Lipinski definition) is 0. The largest absolute Gasteiger partial charge is 0.311 e. The molecule has 0 N–H and O–H groups in total. The van der Waals surface area contributed by atoms with Crippen molar-refractivity contribution in [2.45, 2.75) is 34.9 Å². The molecule has 0 fully saturated rings. The van der Waals surface area contributed by atoms with Gasteiger partial charge in [0.25, 0.3) is 0 Å². The first-order chi connectivity index (χ1) is 12.2. The maximum atomic E-state index is 12.6. The minimum absolute atomic E-state index is 0.0261. The lowest BCUT2D eigenvalue weighted by Crippen LogP contribution is -2.33. The van der Waals surface area contributed by atoms with Gasteiger partial charge < -0.3 is 4.90 Å². The zero-order chi connectivity index (χ0) is 17.9. The molecule has 2 rings (SSSR count). The quantitative estimate of drug-likeness (QED) is 0.439. The molecule has 0 bridgehead atoms. The molecule has 5 nitrogen and oxygen atoms in total. The van der Waals surface area contributed by atoms with Gasteiger partial charge in [-0.15, -0.1) is 10.2 Å². The van der Waals surface area contributed by atoms with Crippen molar-refractivity contribution in [3.8, 4) is 6.07 Å². The minimum atomic E-state index is -0.0261. The van der Waals surface area contributed by atoms with Crippen LogP contribution < -0.4 is 4.90 Å². The van der Waals surface area contributed by atoms with Gasteiger partial charge in [-0.05, 0) is 18.6 Å². The molecule has 0 aliphatic carbocycles. The number of carbonyl (C=O) groups is 1. The Balaban J connectivity index is 1.91. The molecule has 132 valence electrons. The van der Waals surface area contributed by atoms with Crippen molar-refractivity contribution in [2.24, 2.45) is 0 Å². The highest BCUT2D eigenvalue weighted by Crippen LogP contribution is 2.29. The summed E-state index contributed by atoms with van der Waals surface area (Å²) in [7, 11) is 0. The number of benzene rings is 1. The Kier molecular flexibility index (Phi) is 8.80. The van der Waals surface area contributed by atoms with E-state index in [2.05, 4.69) is 23.2 Å². The number of carbonyl (C=O) groups excluding carboxylic acids is 1. The van der Waals surface area contributed by atoms with E-state index in [0.717, 1.165) is 26.5 Å². The number of amides is 1. The molecular weight excluding hydrogens is 372 g/mol. The number of para-hydroxylation sites is 1. The van der Waals surface area contributed by atoms with Crippen LogP contribution in [0.4, 0.5) is 5.69 Å². The fourth-order valence-electron chi connectivity index (χ4n) is 1.99. The summed E-state index contributed by atoms with van der Waals surface area (Å²) in [4.78, 5) is 14.2. The normalized spacial score (nSPS) is 10.4. The maximum absolute atomic E-state index is 12.6. The number of thioether (sulfide) groups is 2. The van der Waals surface area contributed by atoms with Crippen LogP contribution in [-0.4, -0.2) is 34.2 Å². The Morgan fingerprint density at radius 3 is 2.64 bits per heavy atom. The average Bonchev–Trinajstić information content (AvgIpc) is 3.09. The van der Waals surface area contributed by atoms with Crippen LogP contribution in [-0.2, 0) is 4.79 Å². The summed E-state index contributed by atoms with van der Waals surface area (Å²) in [5.74, 6) is 1.31. The van der Waals surface area contributed by atoms with E-state index in [-0.39, 0.29) is 11.7 Å². The third kappa shape index (κ3) is 6.69. The van der Waals surface area contributed by atoms with Crippen LogP contribution in [0.5, 0.6) is 0 Å². The summed E-state index contributed by atoms with van der Waals surface area (Å²) in [6, 6.07) is 11.5. The third-order valence-electron chi connectivity index (χ3n) is 3.25. The molecule has 8 heteroatoms. The zero-order valence-electron chi connectivity index (χ0n) is 14.1. The van der Waals surface area contributed by atoms with Gasteiger partial charge in [-0.3, -0.25) is 4.79 Å². The van der Waals surface area contributed by atoms with Crippen LogP contribution in [0.25, 0.3) is 0 Å². The average molecular weight is 393 g/mol. The van der Waals surface area contributed by atoms with Crippen molar-refractivity contribution in [3.05, 3.63) is 30.3 Å². The lowest BCUT2D eigenvalue weighted by Gasteiger charge is -2.21. The van der Waals surface area contributed by atoms with Gasteiger partial charge in [0.1, 0.15) is 0 Å². The summed E-state index contributed by atoms with van der Waals surface area (Å²) in [5.41, 5.74) is 0.816. The predicted octanol–water partition coefficient (Wildman–Crippen LogP) is 4.47. The topological polar surface area (TPSA) is 69.9 Å². The highest BCUT2D eigenvalue weighted by atomic mass is 32.2. The number of hydrogen-bond acceptors (Lipinski definition) is 7. The van der Waals surface area contributed by atoms with Crippen molar-refractivity contribution in [1.82, 2.24) is 10.2 Å². The lowest BCUT2D eigenvalue weighted by molar-refractivity contribution is -0.116. The molecule has 1 aromatic carbocycles. The van der Waals surface area contributed by atoms with Gasteiger partial charge in [0.05, 0.1) is 18.2 Å². The van der Waals surface area contributed by atoms with E-state index in [0.29, 0.717) is 13.0 Å². The second kappa shape index (κ2) is 11.1. The van der Waals surface area contributed by atoms with Gasteiger partial charge >= 0.3 is 0 Å². The Bertz CT molecular complexity index is 699. The summed E-state index contributed by atoms with van der Waals surface area (Å²) in [6.45, 7) is 2.56. The fraction of sp³-hybridized carbons (Fsp3) is 0.412. The molecule has 0 saturated carbocycles. The summed E-state index contributed by atoms with van der Waals surface area (Å²) >= 11 is 4.65. The van der Waals surface area contributed by atoms with Gasteiger partial charge in [0.15, 0.2) is 8.68 Å². The number of nitriles is 1. The summed E-state index contributed by atoms with van der Waals surface area (Å²) < 4.78 is 1.76. The Morgan fingerprint density at radius 1 is 1.24 bits per heavy atom. The van der Waals surface area contributed by atoms with E-state index in [9.17, 15) is 4.79 Å². The lowest BCUT2D eigenvalue weighted by atomic mass is 10.2. The Hall–Kier alpha value is -1.56. The summed E-state index contributed by atoms with van der Waals surface area (Å²) in [6.07, 6.45) is 2.64. The van der Waals surface area contributed by atoms with Crippen LogP contribution in [0.3, 0.4) is 0 Å². The van der Waals surface area contributed by atoms with Gasteiger partial charge in [-0.25, -0.2) is 0 Å². The number of nitrogens with zero attached hydrogens (tertiary/aromatic N) is 4. The molecule has 1 heterocycles. The van der Waals surface area contributed by atoms with E-state index in [1.807, 2.05) is 30.3 Å². The number of rotatable bonds is 10. The second-order valence-electron chi connectivity index (χ2n) is 5.11. The fourth-order valence-corrected chi connectivity index (χ4v) is 5.04. The van der Waals surface area contributed by atoms with Crippen LogP contribution in [0.1, 0.15) is 26.2 Å². The van der Waals surface area contributed by atoms with E-state index >= 15 is 0 Å². The zero-order valence-corrected chi connectivity index (χ0v) is 16.5. The van der Waals surface area contributed by atoms with Crippen LogP contribution >= 0.6 is 34.9 Å². The molecular formula is C17H20N4OS3. The molecule has 0 atom stereocenters. The molecule has 0 radical (unpaired) electrons. The van der Waals surface area contributed by atoms with Gasteiger partial charge in [0.2, 0.25) is 5.91 Å². The molecule has 0 spiro atoms. The van der Waals surface area contributed by atoms with E-state index < -0.39 is 0 Å². The second-order valence-corrected chi connectivity index (χ2v) is 8.66. The van der Waals surface area contributed by atoms with Gasteiger partial charge in [-0.2, -0.15) is 5.26 Å². The molecule has 0 saturated heterocycles. The van der Waals surface area contributed by atoms with Gasteiger partial charge in [0, 0.05) is 18.0 Å². The van der Waals surface area contributed by atoms with E-state index in [1.165, 1.54) is 29.5 Å². The molecule has 0 unspecified atom stereocenters. The molecule has 1 aromatic heterocycles. The van der Waals surface area contributed by atoms with Crippen molar-refractivity contribution in [2.75, 3.05) is 23.0 Å². The van der Waals surface area contributed by atoms with Crippen molar-refractivity contribution in [1.29, 1.82) is 5.26 Å². The first kappa shape index (κ1) is 19.8. The number of unbranched alkanes of at least 4 members (excludes halogenated alkanes) is 1.